The fraction of sp³-hybridized carbons (Fsp3) is 0.696. The van der Waals surface area contributed by atoms with Crippen LogP contribution in [0, 0.1) is 11.3 Å². The standard InChI is InChI=1S/C23H32N2O5S2/c26-19(23(9-4-10-23)13-16-5-2-1-3-6-16)8-7-17-14-30-22(29)25(17)11-12-31-21-24-18(15-32-21)20(27)28/h7-8,15-17,19,26H,1-6,9-14H2,(H,27,28)/b8-7+/t17-,19+/m0/s1. The highest BCUT2D eigenvalue weighted by atomic mass is 32.2. The van der Waals surface area contributed by atoms with Crippen molar-refractivity contribution in [2.24, 2.45) is 11.3 Å². The molecule has 3 fully saturated rings. The molecule has 0 bridgehead atoms. The van der Waals surface area contributed by atoms with Gasteiger partial charge in [-0.05, 0) is 25.2 Å². The molecule has 2 N–H and O–H groups in total. The third kappa shape index (κ3) is 5.48. The number of amides is 1. The van der Waals surface area contributed by atoms with Crippen LogP contribution in [0.4, 0.5) is 4.79 Å². The Balaban J connectivity index is 1.30. The molecule has 1 amide bonds. The van der Waals surface area contributed by atoms with Gasteiger partial charge in [0.05, 0.1) is 12.1 Å². The lowest BCUT2D eigenvalue weighted by molar-refractivity contribution is -0.0291. The molecule has 1 saturated heterocycles. The van der Waals surface area contributed by atoms with Crippen molar-refractivity contribution < 1.29 is 24.5 Å². The smallest absolute Gasteiger partial charge is 0.410 e. The van der Waals surface area contributed by atoms with Crippen LogP contribution < -0.4 is 0 Å². The average Bonchev–Trinajstić information content (AvgIpc) is 3.37. The van der Waals surface area contributed by atoms with E-state index in [1.165, 1.54) is 67.0 Å². The maximum Gasteiger partial charge on any atom is 0.410 e. The number of carbonyl (C=O) groups excluding carboxylic acids is 1. The summed E-state index contributed by atoms with van der Waals surface area (Å²) in [5.74, 6) is 0.303. The number of rotatable bonds is 10. The summed E-state index contributed by atoms with van der Waals surface area (Å²) in [5, 5.41) is 21.5. The summed E-state index contributed by atoms with van der Waals surface area (Å²) in [5.41, 5.74) is 0.0565. The van der Waals surface area contributed by atoms with E-state index in [4.69, 9.17) is 9.84 Å². The van der Waals surface area contributed by atoms with Crippen LogP contribution in [0.25, 0.3) is 0 Å². The minimum atomic E-state index is -1.03. The first kappa shape index (κ1) is 23.6. The summed E-state index contributed by atoms with van der Waals surface area (Å²) in [6, 6.07) is -0.185. The SMILES string of the molecule is O=C(O)c1csc(SCCN2C(=O)OC[C@@H]2/C=C/[C@@H](O)C2(CC3CCCCC3)CCC2)n1. The van der Waals surface area contributed by atoms with Gasteiger partial charge in [-0.2, -0.15) is 0 Å². The lowest BCUT2D eigenvalue weighted by atomic mass is 9.59. The number of aromatic carboxylic acids is 1. The number of aromatic nitrogens is 1. The Morgan fingerprint density at radius 2 is 2.12 bits per heavy atom. The molecule has 9 heteroatoms. The summed E-state index contributed by atoms with van der Waals surface area (Å²) in [7, 11) is 0. The quantitative estimate of drug-likeness (QED) is 0.366. The Bertz CT molecular complexity index is 832. The minimum Gasteiger partial charge on any atom is -0.476 e. The zero-order valence-electron chi connectivity index (χ0n) is 18.3. The molecule has 7 nitrogen and oxygen atoms in total. The van der Waals surface area contributed by atoms with Crippen molar-refractivity contribution in [2.75, 3.05) is 18.9 Å². The summed E-state index contributed by atoms with van der Waals surface area (Å²) in [6.07, 6.45) is 14.1. The number of hydrogen-bond donors (Lipinski definition) is 2. The number of hydrogen-bond acceptors (Lipinski definition) is 7. The molecule has 2 atom stereocenters. The van der Waals surface area contributed by atoms with Crippen LogP contribution in [0.1, 0.15) is 68.3 Å². The Morgan fingerprint density at radius 1 is 1.34 bits per heavy atom. The fourth-order valence-electron chi connectivity index (χ4n) is 5.19. The van der Waals surface area contributed by atoms with Crippen molar-refractivity contribution in [3.63, 3.8) is 0 Å². The van der Waals surface area contributed by atoms with Crippen LogP contribution in [0.5, 0.6) is 0 Å². The van der Waals surface area contributed by atoms with Crippen LogP contribution >= 0.6 is 23.1 Å². The molecule has 4 rings (SSSR count). The van der Waals surface area contributed by atoms with Gasteiger partial charge in [-0.3, -0.25) is 4.90 Å². The maximum atomic E-state index is 12.2. The van der Waals surface area contributed by atoms with E-state index < -0.39 is 12.1 Å². The van der Waals surface area contributed by atoms with E-state index in [0.29, 0.717) is 23.2 Å². The Hall–Kier alpha value is -1.58. The number of thioether (sulfide) groups is 1. The van der Waals surface area contributed by atoms with E-state index in [1.807, 2.05) is 12.2 Å². The first-order chi connectivity index (χ1) is 15.5. The third-order valence-corrected chi connectivity index (χ3v) is 9.19. The van der Waals surface area contributed by atoms with Crippen molar-refractivity contribution in [2.45, 2.75) is 74.3 Å². The molecule has 2 heterocycles. The van der Waals surface area contributed by atoms with Crippen molar-refractivity contribution in [1.29, 1.82) is 0 Å². The van der Waals surface area contributed by atoms with Gasteiger partial charge in [0.25, 0.3) is 0 Å². The lowest BCUT2D eigenvalue weighted by Crippen LogP contribution is -2.42. The third-order valence-electron chi connectivity index (χ3n) is 7.18. The number of thiazole rings is 1. The van der Waals surface area contributed by atoms with Crippen LogP contribution in [0.3, 0.4) is 0 Å². The molecule has 2 saturated carbocycles. The van der Waals surface area contributed by atoms with Gasteiger partial charge < -0.3 is 14.9 Å². The van der Waals surface area contributed by atoms with E-state index in [1.54, 1.807) is 4.90 Å². The van der Waals surface area contributed by atoms with Crippen LogP contribution in [-0.4, -0.2) is 63.2 Å². The van der Waals surface area contributed by atoms with E-state index in [0.717, 1.165) is 25.2 Å². The molecule has 0 aromatic carbocycles. The molecule has 32 heavy (non-hydrogen) atoms. The number of ether oxygens (including phenoxy) is 1. The van der Waals surface area contributed by atoms with Gasteiger partial charge in [0.2, 0.25) is 0 Å². The molecule has 2 aliphatic carbocycles. The molecule has 1 aromatic heterocycles. The van der Waals surface area contributed by atoms with Crippen molar-refractivity contribution in [3.8, 4) is 0 Å². The van der Waals surface area contributed by atoms with Crippen LogP contribution in [0.15, 0.2) is 21.9 Å². The highest BCUT2D eigenvalue weighted by molar-refractivity contribution is 8.01. The topological polar surface area (TPSA) is 100.0 Å². The summed E-state index contributed by atoms with van der Waals surface area (Å²) < 4.78 is 5.92. The van der Waals surface area contributed by atoms with Gasteiger partial charge in [0.1, 0.15) is 6.61 Å². The zero-order valence-corrected chi connectivity index (χ0v) is 19.9. The molecular weight excluding hydrogens is 448 g/mol. The molecule has 3 aliphatic rings. The number of aliphatic hydroxyl groups is 1. The number of carbonyl (C=O) groups is 2. The first-order valence-corrected chi connectivity index (χ1v) is 13.4. The van der Waals surface area contributed by atoms with Gasteiger partial charge in [0, 0.05) is 23.1 Å². The molecule has 1 aliphatic heterocycles. The number of carboxylic acid groups (broad SMARTS) is 1. The monoisotopic (exact) mass is 480 g/mol. The summed E-state index contributed by atoms with van der Waals surface area (Å²) >= 11 is 2.72. The van der Waals surface area contributed by atoms with Crippen molar-refractivity contribution in [1.82, 2.24) is 9.88 Å². The molecular formula is C23H32N2O5S2. The zero-order chi connectivity index (χ0) is 22.6. The normalized spacial score (nSPS) is 24.5. The minimum absolute atomic E-state index is 0.00927. The molecule has 176 valence electrons. The van der Waals surface area contributed by atoms with E-state index in [2.05, 4.69) is 4.98 Å². The van der Waals surface area contributed by atoms with Crippen LogP contribution in [-0.2, 0) is 4.74 Å². The number of nitrogens with zero attached hydrogens (tertiary/aromatic N) is 2. The Morgan fingerprint density at radius 3 is 2.78 bits per heavy atom. The predicted octanol–water partition coefficient (Wildman–Crippen LogP) is 4.81. The number of aliphatic hydroxyl groups excluding tert-OH is 1. The van der Waals surface area contributed by atoms with Gasteiger partial charge in [-0.1, -0.05) is 62.4 Å². The highest BCUT2D eigenvalue weighted by Gasteiger charge is 2.44. The van der Waals surface area contributed by atoms with Crippen molar-refractivity contribution >= 4 is 35.2 Å². The van der Waals surface area contributed by atoms with E-state index >= 15 is 0 Å². The second-order valence-electron chi connectivity index (χ2n) is 9.24. The van der Waals surface area contributed by atoms with E-state index in [9.17, 15) is 14.7 Å². The van der Waals surface area contributed by atoms with Gasteiger partial charge in [0.15, 0.2) is 10.0 Å². The highest BCUT2D eigenvalue weighted by Crippen LogP contribution is 2.51. The number of carboxylic acids is 1. The second-order valence-corrected chi connectivity index (χ2v) is 11.4. The van der Waals surface area contributed by atoms with Gasteiger partial charge in [-0.25, -0.2) is 14.6 Å². The fourth-order valence-corrected chi connectivity index (χ4v) is 7.00. The van der Waals surface area contributed by atoms with Crippen LogP contribution in [0.2, 0.25) is 0 Å². The Labute approximate surface area is 197 Å². The lowest BCUT2D eigenvalue weighted by Gasteiger charge is -2.47. The number of cyclic esters (lactones) is 1. The van der Waals surface area contributed by atoms with Crippen molar-refractivity contribution in [3.05, 3.63) is 23.2 Å². The first-order valence-electron chi connectivity index (χ1n) is 11.6. The Kier molecular flexibility index (Phi) is 7.78. The van der Waals surface area contributed by atoms with Gasteiger partial charge >= 0.3 is 12.1 Å². The molecule has 0 unspecified atom stereocenters. The maximum absolute atomic E-state index is 12.2. The summed E-state index contributed by atoms with van der Waals surface area (Å²) in [4.78, 5) is 28.9. The molecule has 0 spiro atoms. The predicted molar refractivity (Wildman–Crippen MR) is 124 cm³/mol. The summed E-state index contributed by atoms with van der Waals surface area (Å²) in [6.45, 7) is 0.770. The van der Waals surface area contributed by atoms with Gasteiger partial charge in [-0.15, -0.1) is 11.3 Å². The largest absolute Gasteiger partial charge is 0.476 e. The second kappa shape index (κ2) is 10.6. The molecule has 1 aromatic rings. The average molecular weight is 481 g/mol. The molecule has 0 radical (unpaired) electrons. The van der Waals surface area contributed by atoms with E-state index in [-0.39, 0.29) is 23.2 Å².